The van der Waals surface area contributed by atoms with E-state index in [-0.39, 0.29) is 11.1 Å². The fourth-order valence-electron chi connectivity index (χ4n) is 2.25. The van der Waals surface area contributed by atoms with Gasteiger partial charge in [-0.1, -0.05) is 6.07 Å². The number of nitro benzene ring substituents is 1. The molecule has 9 heteroatoms. The standard InChI is InChI=1S/C15H14N6O3/c22-15-10-7-13(21(23)24)12(8-11(10)19-9-20-15)16-5-6-18-14-3-1-2-4-17-14/h1-4,7-9,16H,5-6H2,(H,17,18)(H,19,20,22). The van der Waals surface area contributed by atoms with Gasteiger partial charge in [0, 0.05) is 25.4 Å². The molecule has 0 aliphatic rings. The van der Waals surface area contributed by atoms with E-state index < -0.39 is 10.5 Å². The van der Waals surface area contributed by atoms with Crippen LogP contribution in [0.1, 0.15) is 0 Å². The van der Waals surface area contributed by atoms with Crippen molar-refractivity contribution in [1.82, 2.24) is 15.0 Å². The monoisotopic (exact) mass is 326 g/mol. The fraction of sp³-hybridized carbons (Fsp3) is 0.133. The van der Waals surface area contributed by atoms with Gasteiger partial charge in [0.25, 0.3) is 11.2 Å². The highest BCUT2D eigenvalue weighted by Crippen LogP contribution is 2.27. The number of rotatable bonds is 6. The number of aromatic amines is 1. The second kappa shape index (κ2) is 6.73. The van der Waals surface area contributed by atoms with Crippen LogP contribution in [0.3, 0.4) is 0 Å². The summed E-state index contributed by atoms with van der Waals surface area (Å²) in [4.78, 5) is 33.0. The molecule has 0 unspecified atom stereocenters. The zero-order chi connectivity index (χ0) is 16.9. The molecule has 0 spiro atoms. The first-order chi connectivity index (χ1) is 11.6. The highest BCUT2D eigenvalue weighted by atomic mass is 16.6. The number of H-pyrrole nitrogens is 1. The van der Waals surface area contributed by atoms with Crippen LogP contribution < -0.4 is 16.2 Å². The molecule has 3 N–H and O–H groups in total. The summed E-state index contributed by atoms with van der Waals surface area (Å²) in [5.74, 6) is 0.723. The topological polar surface area (TPSA) is 126 Å². The van der Waals surface area contributed by atoms with E-state index in [1.54, 1.807) is 6.20 Å². The zero-order valence-electron chi connectivity index (χ0n) is 12.5. The molecule has 0 saturated heterocycles. The Morgan fingerprint density at radius 1 is 1.17 bits per heavy atom. The minimum absolute atomic E-state index is 0.168. The largest absolute Gasteiger partial charge is 0.378 e. The van der Waals surface area contributed by atoms with E-state index in [4.69, 9.17) is 0 Å². The molecule has 122 valence electrons. The molecule has 24 heavy (non-hydrogen) atoms. The first kappa shape index (κ1) is 15.4. The molecule has 2 heterocycles. The number of hydrogen-bond donors (Lipinski definition) is 3. The first-order valence-electron chi connectivity index (χ1n) is 7.20. The third-order valence-electron chi connectivity index (χ3n) is 3.37. The number of nitro groups is 1. The number of benzene rings is 1. The van der Waals surface area contributed by atoms with Gasteiger partial charge in [-0.2, -0.15) is 0 Å². The highest BCUT2D eigenvalue weighted by Gasteiger charge is 2.16. The van der Waals surface area contributed by atoms with Crippen molar-refractivity contribution in [3.05, 3.63) is 63.3 Å². The lowest BCUT2D eigenvalue weighted by molar-refractivity contribution is -0.383. The molecule has 0 amide bonds. The normalized spacial score (nSPS) is 10.5. The van der Waals surface area contributed by atoms with Crippen LogP contribution in [-0.4, -0.2) is 33.0 Å². The van der Waals surface area contributed by atoms with Crippen LogP contribution in [0, 0.1) is 10.1 Å². The Bertz CT molecular complexity index is 925. The molecule has 0 saturated carbocycles. The highest BCUT2D eigenvalue weighted by molar-refractivity contribution is 5.86. The van der Waals surface area contributed by atoms with Crippen molar-refractivity contribution < 1.29 is 4.92 Å². The summed E-state index contributed by atoms with van der Waals surface area (Å²) in [6, 6.07) is 8.24. The Morgan fingerprint density at radius 3 is 2.75 bits per heavy atom. The molecule has 0 aliphatic heterocycles. The maximum Gasteiger partial charge on any atom is 0.293 e. The number of hydrogen-bond acceptors (Lipinski definition) is 7. The van der Waals surface area contributed by atoms with E-state index in [1.807, 2.05) is 18.2 Å². The van der Waals surface area contributed by atoms with Crippen LogP contribution in [0.2, 0.25) is 0 Å². The second-order valence-corrected chi connectivity index (χ2v) is 4.94. The molecule has 0 radical (unpaired) electrons. The Labute approximate surface area is 135 Å². The van der Waals surface area contributed by atoms with Gasteiger partial charge in [-0.15, -0.1) is 0 Å². The first-order valence-corrected chi connectivity index (χ1v) is 7.20. The molecular weight excluding hydrogens is 312 g/mol. The van der Waals surface area contributed by atoms with E-state index in [2.05, 4.69) is 25.6 Å². The number of nitrogens with zero attached hydrogens (tertiary/aromatic N) is 3. The second-order valence-electron chi connectivity index (χ2n) is 4.94. The van der Waals surface area contributed by atoms with Gasteiger partial charge in [-0.3, -0.25) is 14.9 Å². The van der Waals surface area contributed by atoms with Crippen molar-refractivity contribution in [1.29, 1.82) is 0 Å². The summed E-state index contributed by atoms with van der Waals surface area (Å²) in [5.41, 5.74) is 0.128. The van der Waals surface area contributed by atoms with Crippen LogP contribution in [0.4, 0.5) is 17.2 Å². The summed E-state index contributed by atoms with van der Waals surface area (Å²) in [5, 5.41) is 17.5. The molecule has 2 aromatic heterocycles. The van der Waals surface area contributed by atoms with Crippen molar-refractivity contribution in [2.45, 2.75) is 0 Å². The van der Waals surface area contributed by atoms with Gasteiger partial charge in [0.2, 0.25) is 0 Å². The van der Waals surface area contributed by atoms with Crippen molar-refractivity contribution in [3.8, 4) is 0 Å². The number of pyridine rings is 1. The number of nitrogens with one attached hydrogen (secondary N) is 3. The molecule has 0 fully saturated rings. The third-order valence-corrected chi connectivity index (χ3v) is 3.37. The van der Waals surface area contributed by atoms with Crippen LogP contribution in [0.15, 0.2) is 47.7 Å². The average Bonchev–Trinajstić information content (AvgIpc) is 2.59. The molecule has 0 atom stereocenters. The summed E-state index contributed by atoms with van der Waals surface area (Å²) in [7, 11) is 0. The van der Waals surface area contributed by atoms with Crippen molar-refractivity contribution in [3.63, 3.8) is 0 Å². The van der Waals surface area contributed by atoms with Crippen molar-refractivity contribution >= 4 is 28.1 Å². The molecule has 1 aromatic carbocycles. The molecular formula is C15H14N6O3. The SMILES string of the molecule is O=c1[nH]cnc2cc(NCCNc3ccccn3)c([N+](=O)[O-])cc12. The van der Waals surface area contributed by atoms with Gasteiger partial charge < -0.3 is 15.6 Å². The Kier molecular flexibility index (Phi) is 4.32. The van der Waals surface area contributed by atoms with Crippen LogP contribution >= 0.6 is 0 Å². The summed E-state index contributed by atoms with van der Waals surface area (Å²) in [6.45, 7) is 0.959. The Balaban J connectivity index is 1.77. The van der Waals surface area contributed by atoms with Gasteiger partial charge in [0.05, 0.1) is 22.2 Å². The van der Waals surface area contributed by atoms with E-state index >= 15 is 0 Å². The smallest absolute Gasteiger partial charge is 0.293 e. The van der Waals surface area contributed by atoms with Gasteiger partial charge in [-0.25, -0.2) is 9.97 Å². The van der Waals surface area contributed by atoms with E-state index in [1.165, 1.54) is 18.5 Å². The van der Waals surface area contributed by atoms with Gasteiger partial charge in [0.15, 0.2) is 0 Å². The van der Waals surface area contributed by atoms with Gasteiger partial charge in [0.1, 0.15) is 11.5 Å². The minimum Gasteiger partial charge on any atom is -0.378 e. The van der Waals surface area contributed by atoms with Crippen LogP contribution in [0.25, 0.3) is 10.9 Å². The van der Waals surface area contributed by atoms with Gasteiger partial charge in [-0.05, 0) is 18.2 Å². The molecule has 0 aliphatic carbocycles. The van der Waals surface area contributed by atoms with E-state index in [0.29, 0.717) is 24.3 Å². The molecule has 9 nitrogen and oxygen atoms in total. The lowest BCUT2D eigenvalue weighted by Gasteiger charge is -2.09. The fourth-order valence-corrected chi connectivity index (χ4v) is 2.25. The molecule has 3 aromatic rings. The van der Waals surface area contributed by atoms with Crippen LogP contribution in [0.5, 0.6) is 0 Å². The molecule has 0 bridgehead atoms. The average molecular weight is 326 g/mol. The minimum atomic E-state index is -0.527. The molecule has 3 rings (SSSR count). The summed E-state index contributed by atoms with van der Waals surface area (Å²) >= 11 is 0. The van der Waals surface area contributed by atoms with Gasteiger partial charge >= 0.3 is 0 Å². The predicted octanol–water partition coefficient (Wildman–Crippen LogP) is 1.75. The third kappa shape index (κ3) is 3.29. The lowest BCUT2D eigenvalue weighted by Crippen LogP contribution is -2.15. The quantitative estimate of drug-likeness (QED) is 0.358. The van der Waals surface area contributed by atoms with E-state index in [0.717, 1.165) is 5.82 Å². The number of aromatic nitrogens is 3. The van der Waals surface area contributed by atoms with Crippen molar-refractivity contribution in [2.75, 3.05) is 23.7 Å². The number of anilines is 2. The predicted molar refractivity (Wildman–Crippen MR) is 90.2 cm³/mol. The van der Waals surface area contributed by atoms with Crippen molar-refractivity contribution in [2.24, 2.45) is 0 Å². The van der Waals surface area contributed by atoms with E-state index in [9.17, 15) is 14.9 Å². The zero-order valence-corrected chi connectivity index (χ0v) is 12.5. The maximum atomic E-state index is 11.7. The summed E-state index contributed by atoms with van der Waals surface area (Å²) < 4.78 is 0. The maximum absolute atomic E-state index is 11.7. The number of fused-ring (bicyclic) bond motifs is 1. The Hall–Kier alpha value is -3.49. The van der Waals surface area contributed by atoms with Crippen LogP contribution in [-0.2, 0) is 0 Å². The Morgan fingerprint density at radius 2 is 2.00 bits per heavy atom. The lowest BCUT2D eigenvalue weighted by atomic mass is 10.2. The summed E-state index contributed by atoms with van der Waals surface area (Å²) in [6.07, 6.45) is 2.94.